The Balaban J connectivity index is 1.47. The number of carbonyl (C=O) groups is 1. The number of rotatable bonds is 4. The van der Waals surface area contributed by atoms with E-state index in [0.717, 1.165) is 34.8 Å². The smallest absolute Gasteiger partial charge is 0.253 e. The van der Waals surface area contributed by atoms with Gasteiger partial charge < -0.3 is 9.64 Å². The Kier molecular flexibility index (Phi) is 4.67. The first-order valence-corrected chi connectivity index (χ1v) is 9.58. The van der Waals surface area contributed by atoms with Crippen LogP contribution in [0.4, 0.5) is 0 Å². The molecule has 0 saturated heterocycles. The van der Waals surface area contributed by atoms with Gasteiger partial charge in [0.05, 0.1) is 11.4 Å². The van der Waals surface area contributed by atoms with Gasteiger partial charge in [-0.2, -0.15) is 5.10 Å². The van der Waals surface area contributed by atoms with Gasteiger partial charge in [0.1, 0.15) is 11.9 Å². The maximum atomic E-state index is 12.8. The summed E-state index contributed by atoms with van der Waals surface area (Å²) in [6.45, 7) is 6.64. The number of aryl methyl sites for hydroxylation is 2. The van der Waals surface area contributed by atoms with Crippen molar-refractivity contribution < 1.29 is 9.53 Å². The molecule has 1 aliphatic heterocycles. The number of ether oxygens (including phenoxy) is 1. The van der Waals surface area contributed by atoms with E-state index in [1.165, 1.54) is 5.56 Å². The molecule has 3 aromatic rings. The van der Waals surface area contributed by atoms with Crippen molar-refractivity contribution in [2.75, 3.05) is 7.05 Å². The lowest BCUT2D eigenvalue weighted by molar-refractivity contribution is 0.0785. The van der Waals surface area contributed by atoms with Gasteiger partial charge in [-0.05, 0) is 68.3 Å². The standard InChI is InChI=1S/C23H25N3O2/c1-15-11-16(2)26(24-15)21-8-6-19(7-9-21)23(27)25(4)14-18-5-10-22-20(13-18)12-17(3)28-22/h5-11,13,17H,12,14H2,1-4H3/t17-/m1/s1. The second-order valence-corrected chi connectivity index (χ2v) is 7.62. The maximum Gasteiger partial charge on any atom is 0.253 e. The first-order valence-electron chi connectivity index (χ1n) is 9.58. The lowest BCUT2D eigenvalue weighted by Gasteiger charge is -2.18. The summed E-state index contributed by atoms with van der Waals surface area (Å²) in [6.07, 6.45) is 1.15. The quantitative estimate of drug-likeness (QED) is 0.690. The van der Waals surface area contributed by atoms with Gasteiger partial charge in [-0.1, -0.05) is 12.1 Å². The molecule has 0 saturated carbocycles. The van der Waals surface area contributed by atoms with Crippen molar-refractivity contribution in [3.05, 3.63) is 76.6 Å². The average Bonchev–Trinajstić information content (AvgIpc) is 3.21. The number of fused-ring (bicyclic) bond motifs is 1. The fraction of sp³-hybridized carbons (Fsp3) is 0.304. The van der Waals surface area contributed by atoms with E-state index in [1.807, 2.05) is 68.0 Å². The normalized spacial score (nSPS) is 15.2. The highest BCUT2D eigenvalue weighted by molar-refractivity contribution is 5.94. The van der Waals surface area contributed by atoms with E-state index >= 15 is 0 Å². The Hall–Kier alpha value is -3.08. The molecule has 2 heterocycles. The summed E-state index contributed by atoms with van der Waals surface area (Å²) in [5, 5.41) is 4.49. The first kappa shape index (κ1) is 18.3. The maximum absolute atomic E-state index is 12.8. The van der Waals surface area contributed by atoms with Crippen LogP contribution in [-0.4, -0.2) is 33.7 Å². The zero-order chi connectivity index (χ0) is 19.8. The summed E-state index contributed by atoms with van der Waals surface area (Å²) in [7, 11) is 1.84. The second-order valence-electron chi connectivity index (χ2n) is 7.62. The topological polar surface area (TPSA) is 47.4 Å². The van der Waals surface area contributed by atoms with E-state index in [0.29, 0.717) is 12.1 Å². The van der Waals surface area contributed by atoms with Gasteiger partial charge in [-0.25, -0.2) is 4.68 Å². The van der Waals surface area contributed by atoms with E-state index in [-0.39, 0.29) is 12.0 Å². The van der Waals surface area contributed by atoms with Gasteiger partial charge in [0.15, 0.2) is 0 Å². The summed E-state index contributed by atoms with van der Waals surface area (Å²) < 4.78 is 7.64. The SMILES string of the molecule is Cc1cc(C)n(-c2ccc(C(=O)N(C)Cc3ccc4c(c3)C[C@@H](C)O4)cc2)n1. The highest BCUT2D eigenvalue weighted by Gasteiger charge is 2.20. The van der Waals surface area contributed by atoms with Crippen LogP contribution in [0.3, 0.4) is 0 Å². The molecule has 0 fully saturated rings. The van der Waals surface area contributed by atoms with Crippen LogP contribution in [0.1, 0.15) is 39.8 Å². The number of carbonyl (C=O) groups excluding carboxylic acids is 1. The molecule has 0 unspecified atom stereocenters. The molecule has 1 aliphatic rings. The van der Waals surface area contributed by atoms with Crippen molar-refractivity contribution in [1.29, 1.82) is 0 Å². The van der Waals surface area contributed by atoms with Crippen LogP contribution in [0.15, 0.2) is 48.5 Å². The fourth-order valence-electron chi connectivity index (χ4n) is 3.78. The molecule has 5 nitrogen and oxygen atoms in total. The van der Waals surface area contributed by atoms with E-state index in [2.05, 4.69) is 18.1 Å². The first-order chi connectivity index (χ1) is 13.4. The van der Waals surface area contributed by atoms with Crippen molar-refractivity contribution in [3.8, 4) is 11.4 Å². The minimum absolute atomic E-state index is 0.00466. The molecule has 0 radical (unpaired) electrons. The molecule has 0 bridgehead atoms. The number of nitrogens with zero attached hydrogens (tertiary/aromatic N) is 3. The largest absolute Gasteiger partial charge is 0.490 e. The van der Waals surface area contributed by atoms with Crippen LogP contribution < -0.4 is 4.74 Å². The Morgan fingerprint density at radius 1 is 1.18 bits per heavy atom. The molecule has 28 heavy (non-hydrogen) atoms. The fourth-order valence-corrected chi connectivity index (χ4v) is 3.78. The molecule has 0 aliphatic carbocycles. The van der Waals surface area contributed by atoms with Crippen molar-refractivity contribution in [1.82, 2.24) is 14.7 Å². The Morgan fingerprint density at radius 2 is 1.93 bits per heavy atom. The summed E-state index contributed by atoms with van der Waals surface area (Å²) in [5.41, 5.74) is 6.02. The van der Waals surface area contributed by atoms with Crippen LogP contribution in [0.25, 0.3) is 5.69 Å². The van der Waals surface area contributed by atoms with E-state index < -0.39 is 0 Å². The summed E-state index contributed by atoms with van der Waals surface area (Å²) >= 11 is 0. The Morgan fingerprint density at radius 3 is 2.61 bits per heavy atom. The van der Waals surface area contributed by atoms with Crippen molar-refractivity contribution >= 4 is 5.91 Å². The van der Waals surface area contributed by atoms with Crippen LogP contribution in [0.2, 0.25) is 0 Å². The third kappa shape index (κ3) is 3.52. The Labute approximate surface area is 165 Å². The molecular formula is C23H25N3O2. The van der Waals surface area contributed by atoms with Gasteiger partial charge in [0.2, 0.25) is 0 Å². The van der Waals surface area contributed by atoms with Crippen molar-refractivity contribution in [2.24, 2.45) is 0 Å². The Bertz CT molecular complexity index is 1020. The predicted octanol–water partition coefficient (Wildman–Crippen LogP) is 4.08. The van der Waals surface area contributed by atoms with Crippen LogP contribution in [0.5, 0.6) is 5.75 Å². The van der Waals surface area contributed by atoms with E-state index in [1.54, 1.807) is 4.90 Å². The molecule has 4 rings (SSSR count). The molecular weight excluding hydrogens is 350 g/mol. The van der Waals surface area contributed by atoms with E-state index in [9.17, 15) is 4.79 Å². The molecule has 1 atom stereocenters. The van der Waals surface area contributed by atoms with Crippen LogP contribution in [0, 0.1) is 13.8 Å². The number of benzene rings is 2. The minimum atomic E-state index is 0.00466. The lowest BCUT2D eigenvalue weighted by Crippen LogP contribution is -2.26. The molecule has 144 valence electrons. The zero-order valence-corrected chi connectivity index (χ0v) is 16.8. The molecule has 2 aromatic carbocycles. The summed E-state index contributed by atoms with van der Waals surface area (Å²) in [5.74, 6) is 0.968. The number of hydrogen-bond donors (Lipinski definition) is 0. The molecule has 0 spiro atoms. The van der Waals surface area contributed by atoms with Crippen molar-refractivity contribution in [3.63, 3.8) is 0 Å². The lowest BCUT2D eigenvalue weighted by atomic mass is 10.1. The van der Waals surface area contributed by atoms with Gasteiger partial charge >= 0.3 is 0 Å². The number of hydrogen-bond acceptors (Lipinski definition) is 3. The molecule has 0 N–H and O–H groups in total. The van der Waals surface area contributed by atoms with Gasteiger partial charge in [-0.15, -0.1) is 0 Å². The number of amides is 1. The van der Waals surface area contributed by atoms with Gasteiger partial charge in [0.25, 0.3) is 5.91 Å². The van der Waals surface area contributed by atoms with Gasteiger partial charge in [0, 0.05) is 31.3 Å². The molecule has 1 aromatic heterocycles. The van der Waals surface area contributed by atoms with Crippen molar-refractivity contribution in [2.45, 2.75) is 39.8 Å². The van der Waals surface area contributed by atoms with E-state index in [4.69, 9.17) is 4.74 Å². The predicted molar refractivity (Wildman–Crippen MR) is 109 cm³/mol. The highest BCUT2D eigenvalue weighted by Crippen LogP contribution is 2.29. The summed E-state index contributed by atoms with van der Waals surface area (Å²) in [4.78, 5) is 14.6. The third-order valence-corrected chi connectivity index (χ3v) is 5.10. The summed E-state index contributed by atoms with van der Waals surface area (Å²) in [6, 6.07) is 15.8. The minimum Gasteiger partial charge on any atom is -0.490 e. The zero-order valence-electron chi connectivity index (χ0n) is 16.8. The van der Waals surface area contributed by atoms with Crippen LogP contribution >= 0.6 is 0 Å². The highest BCUT2D eigenvalue weighted by atomic mass is 16.5. The molecule has 1 amide bonds. The van der Waals surface area contributed by atoms with Crippen LogP contribution in [-0.2, 0) is 13.0 Å². The molecule has 5 heteroatoms. The third-order valence-electron chi connectivity index (χ3n) is 5.10. The van der Waals surface area contributed by atoms with Gasteiger partial charge in [-0.3, -0.25) is 4.79 Å². The average molecular weight is 375 g/mol. The monoisotopic (exact) mass is 375 g/mol. The second kappa shape index (κ2) is 7.15. The number of aromatic nitrogens is 2.